The van der Waals surface area contributed by atoms with Gasteiger partial charge in [0.25, 0.3) is 5.91 Å². The van der Waals surface area contributed by atoms with Gasteiger partial charge < -0.3 is 15.4 Å². The summed E-state index contributed by atoms with van der Waals surface area (Å²) in [4.78, 5) is 32.0. The number of nitrogens with one attached hydrogen (secondary N) is 2. The Bertz CT molecular complexity index is 1130. The van der Waals surface area contributed by atoms with Crippen molar-refractivity contribution in [2.24, 2.45) is 5.41 Å². The number of aromatic nitrogens is 2. The van der Waals surface area contributed by atoms with Crippen LogP contribution < -0.4 is 5.32 Å². The molecule has 0 spiro atoms. The van der Waals surface area contributed by atoms with E-state index >= 15 is 0 Å². The molecular formula is C26H29N3O3. The van der Waals surface area contributed by atoms with E-state index in [9.17, 15) is 14.7 Å². The number of carbonyl (C=O) groups is 2. The van der Waals surface area contributed by atoms with E-state index in [-0.39, 0.29) is 17.1 Å². The normalized spacial score (nSPS) is 19.1. The number of aromatic amines is 1. The summed E-state index contributed by atoms with van der Waals surface area (Å²) in [6, 6.07) is 5.66. The Morgan fingerprint density at radius 1 is 1.22 bits per heavy atom. The number of carboxylic acid groups (broad SMARTS) is 1. The number of rotatable bonds is 5. The Kier molecular flexibility index (Phi) is 5.68. The standard InChI is InChI=1S/C26H29N3O3/c1-4-19-16-27-22(28-19)23(30)29-21-8-7-18(26(24(31)32)11-5-6-12-26)15-20(21)17-9-13-25(2,3)14-10-17/h1,7-9,15-16H,5-6,10-14H2,2-3H3,(H,27,28)(H,29,30)(H,31,32). The van der Waals surface area contributed by atoms with Crippen molar-refractivity contribution < 1.29 is 14.7 Å². The largest absolute Gasteiger partial charge is 0.481 e. The van der Waals surface area contributed by atoms with Crippen LogP contribution in [0.2, 0.25) is 0 Å². The summed E-state index contributed by atoms with van der Waals surface area (Å²) in [5.41, 5.74) is 3.25. The fourth-order valence-corrected chi connectivity index (χ4v) is 4.84. The van der Waals surface area contributed by atoms with Crippen molar-refractivity contribution in [3.63, 3.8) is 0 Å². The summed E-state index contributed by atoms with van der Waals surface area (Å²) < 4.78 is 0. The first-order chi connectivity index (χ1) is 15.2. The van der Waals surface area contributed by atoms with Gasteiger partial charge in [0.2, 0.25) is 0 Å². The number of amides is 1. The number of anilines is 1. The molecule has 6 heteroatoms. The molecule has 1 amide bonds. The number of H-pyrrole nitrogens is 1. The number of imidazole rings is 1. The van der Waals surface area contributed by atoms with Crippen molar-refractivity contribution in [3.8, 4) is 12.3 Å². The van der Waals surface area contributed by atoms with Crippen LogP contribution in [0.25, 0.3) is 5.57 Å². The van der Waals surface area contributed by atoms with E-state index in [1.807, 2.05) is 18.2 Å². The van der Waals surface area contributed by atoms with Crippen molar-refractivity contribution in [1.29, 1.82) is 0 Å². The molecule has 2 aromatic rings. The third-order valence-corrected chi connectivity index (χ3v) is 6.95. The van der Waals surface area contributed by atoms with Crippen molar-refractivity contribution in [2.75, 3.05) is 5.32 Å². The molecule has 2 aliphatic carbocycles. The van der Waals surface area contributed by atoms with E-state index in [1.165, 1.54) is 6.20 Å². The first-order valence-corrected chi connectivity index (χ1v) is 11.1. The number of nitrogens with zero attached hydrogens (tertiary/aromatic N) is 1. The minimum atomic E-state index is -0.853. The van der Waals surface area contributed by atoms with Crippen LogP contribution in [0.1, 0.15) is 86.2 Å². The third-order valence-electron chi connectivity index (χ3n) is 6.95. The molecule has 32 heavy (non-hydrogen) atoms. The lowest BCUT2D eigenvalue weighted by Crippen LogP contribution is -2.32. The van der Waals surface area contributed by atoms with Crippen LogP contribution in [0.15, 0.2) is 30.5 Å². The molecule has 0 bridgehead atoms. The molecule has 4 rings (SSSR count). The predicted molar refractivity (Wildman–Crippen MR) is 124 cm³/mol. The van der Waals surface area contributed by atoms with Gasteiger partial charge in [-0.15, -0.1) is 6.42 Å². The van der Waals surface area contributed by atoms with Gasteiger partial charge in [0.1, 0.15) is 5.69 Å². The van der Waals surface area contributed by atoms with Gasteiger partial charge in [-0.1, -0.05) is 38.8 Å². The van der Waals surface area contributed by atoms with E-state index in [4.69, 9.17) is 6.42 Å². The molecule has 0 unspecified atom stereocenters. The molecule has 3 N–H and O–H groups in total. The molecule has 1 heterocycles. The van der Waals surface area contributed by atoms with Gasteiger partial charge in [0.05, 0.1) is 5.41 Å². The zero-order chi connectivity index (χ0) is 22.9. The number of terminal acetylenes is 1. The van der Waals surface area contributed by atoms with Crippen LogP contribution in [0.5, 0.6) is 0 Å². The number of carbonyl (C=O) groups excluding carboxylic acids is 1. The lowest BCUT2D eigenvalue weighted by atomic mass is 9.74. The van der Waals surface area contributed by atoms with Crippen molar-refractivity contribution >= 4 is 23.1 Å². The summed E-state index contributed by atoms with van der Waals surface area (Å²) in [5.74, 6) is 1.39. The average molecular weight is 432 g/mol. The second-order valence-corrected chi connectivity index (χ2v) is 9.69. The fraction of sp³-hybridized carbons (Fsp3) is 0.423. The van der Waals surface area contributed by atoms with Crippen LogP contribution >= 0.6 is 0 Å². The molecule has 6 nitrogen and oxygen atoms in total. The van der Waals surface area contributed by atoms with Crippen LogP contribution in [0, 0.1) is 17.8 Å². The average Bonchev–Trinajstić information content (AvgIpc) is 3.45. The Morgan fingerprint density at radius 2 is 1.97 bits per heavy atom. The first kappa shape index (κ1) is 21.9. The highest BCUT2D eigenvalue weighted by atomic mass is 16.4. The van der Waals surface area contributed by atoms with E-state index in [0.717, 1.165) is 48.8 Å². The van der Waals surface area contributed by atoms with Crippen LogP contribution in [-0.4, -0.2) is 27.0 Å². The predicted octanol–water partition coefficient (Wildman–Crippen LogP) is 5.13. The molecule has 0 atom stereocenters. The molecule has 1 aromatic carbocycles. The minimum absolute atomic E-state index is 0.143. The highest BCUT2D eigenvalue weighted by Crippen LogP contribution is 2.45. The summed E-state index contributed by atoms with van der Waals surface area (Å²) in [5, 5.41) is 13.0. The lowest BCUT2D eigenvalue weighted by molar-refractivity contribution is -0.143. The summed E-state index contributed by atoms with van der Waals surface area (Å²) in [6.07, 6.45) is 15.0. The number of hydrogen-bond acceptors (Lipinski definition) is 3. The van der Waals surface area contributed by atoms with Gasteiger partial charge >= 0.3 is 5.97 Å². The molecule has 2 aliphatic rings. The lowest BCUT2D eigenvalue weighted by Gasteiger charge is -2.30. The van der Waals surface area contributed by atoms with E-state index in [1.54, 1.807) is 0 Å². The Hall–Kier alpha value is -3.33. The summed E-state index contributed by atoms with van der Waals surface area (Å²) in [6.45, 7) is 4.49. The highest BCUT2D eigenvalue weighted by molar-refractivity contribution is 6.03. The molecular weight excluding hydrogens is 402 g/mol. The van der Waals surface area contributed by atoms with E-state index in [2.05, 4.69) is 41.1 Å². The summed E-state index contributed by atoms with van der Waals surface area (Å²) in [7, 11) is 0. The maximum Gasteiger partial charge on any atom is 0.314 e. The topological polar surface area (TPSA) is 95.1 Å². The van der Waals surface area contributed by atoms with Gasteiger partial charge in [-0.3, -0.25) is 9.59 Å². The number of hydrogen-bond donors (Lipinski definition) is 3. The molecule has 1 aromatic heterocycles. The van der Waals surface area contributed by atoms with Gasteiger partial charge in [0, 0.05) is 17.4 Å². The quantitative estimate of drug-likeness (QED) is 0.572. The Morgan fingerprint density at radius 3 is 2.56 bits per heavy atom. The van der Waals surface area contributed by atoms with Crippen molar-refractivity contribution in [2.45, 2.75) is 64.2 Å². The molecule has 166 valence electrons. The fourth-order valence-electron chi connectivity index (χ4n) is 4.84. The van der Waals surface area contributed by atoms with Crippen molar-refractivity contribution in [3.05, 3.63) is 53.1 Å². The minimum Gasteiger partial charge on any atom is -0.481 e. The number of allylic oxidation sites excluding steroid dienone is 2. The van der Waals surface area contributed by atoms with E-state index in [0.29, 0.717) is 24.2 Å². The second kappa shape index (κ2) is 8.31. The van der Waals surface area contributed by atoms with Gasteiger partial charge in [-0.2, -0.15) is 0 Å². The zero-order valence-corrected chi connectivity index (χ0v) is 18.6. The van der Waals surface area contributed by atoms with Gasteiger partial charge in [-0.25, -0.2) is 4.98 Å². The maximum absolute atomic E-state index is 12.8. The molecule has 1 fully saturated rings. The molecule has 1 saturated carbocycles. The number of aliphatic carboxylic acids is 1. The number of benzene rings is 1. The smallest absolute Gasteiger partial charge is 0.314 e. The Balaban J connectivity index is 1.74. The maximum atomic E-state index is 12.8. The third kappa shape index (κ3) is 4.08. The van der Waals surface area contributed by atoms with Gasteiger partial charge in [0.15, 0.2) is 5.82 Å². The van der Waals surface area contributed by atoms with Crippen LogP contribution in [0.3, 0.4) is 0 Å². The highest BCUT2D eigenvalue weighted by Gasteiger charge is 2.43. The Labute approximate surface area is 188 Å². The molecule has 0 aliphatic heterocycles. The number of carboxylic acids is 1. The summed E-state index contributed by atoms with van der Waals surface area (Å²) >= 11 is 0. The van der Waals surface area contributed by atoms with Crippen molar-refractivity contribution in [1.82, 2.24) is 9.97 Å². The second-order valence-electron chi connectivity index (χ2n) is 9.69. The SMILES string of the molecule is C#Cc1c[nH]c(C(=O)Nc2ccc(C3(C(=O)O)CCCC3)cc2C2=CCC(C)(C)CC2)n1. The van der Waals surface area contributed by atoms with E-state index < -0.39 is 11.4 Å². The van der Waals surface area contributed by atoms with Crippen LogP contribution in [0.4, 0.5) is 5.69 Å². The van der Waals surface area contributed by atoms with Crippen LogP contribution in [-0.2, 0) is 10.2 Å². The first-order valence-electron chi connectivity index (χ1n) is 11.1. The molecule has 0 saturated heterocycles. The molecule has 0 radical (unpaired) electrons. The monoisotopic (exact) mass is 431 g/mol. The zero-order valence-electron chi connectivity index (χ0n) is 18.6. The van der Waals surface area contributed by atoms with Gasteiger partial charge in [-0.05, 0) is 66.7 Å².